The van der Waals surface area contributed by atoms with Crippen LogP contribution in [0.2, 0.25) is 0 Å². The standard InChI is InChI=1S/C14H23N3O3S/c1-21(19,20)17-11-5-10-16-14(18)9-8-13(15)12-6-3-2-4-7-12/h2-4,6-7,13,17H,5,8-11,15H2,1H3,(H,16,18). The molecule has 21 heavy (non-hydrogen) atoms. The van der Waals surface area contributed by atoms with E-state index >= 15 is 0 Å². The maximum absolute atomic E-state index is 11.6. The molecular weight excluding hydrogens is 290 g/mol. The number of amides is 1. The fourth-order valence-electron chi connectivity index (χ4n) is 1.82. The Morgan fingerprint density at radius 1 is 1.24 bits per heavy atom. The molecule has 1 unspecified atom stereocenters. The van der Waals surface area contributed by atoms with Gasteiger partial charge in [0.2, 0.25) is 15.9 Å². The summed E-state index contributed by atoms with van der Waals surface area (Å²) in [4.78, 5) is 11.6. The zero-order chi connectivity index (χ0) is 15.7. The van der Waals surface area contributed by atoms with Crippen molar-refractivity contribution < 1.29 is 13.2 Å². The van der Waals surface area contributed by atoms with Gasteiger partial charge in [-0.05, 0) is 18.4 Å². The topological polar surface area (TPSA) is 101 Å². The molecular formula is C14H23N3O3S. The second kappa shape index (κ2) is 8.76. The minimum atomic E-state index is -3.16. The van der Waals surface area contributed by atoms with Crippen molar-refractivity contribution in [3.05, 3.63) is 35.9 Å². The number of nitrogens with one attached hydrogen (secondary N) is 2. The number of carbonyl (C=O) groups is 1. The van der Waals surface area contributed by atoms with E-state index in [1.54, 1.807) is 0 Å². The highest BCUT2D eigenvalue weighted by molar-refractivity contribution is 7.88. The third kappa shape index (κ3) is 8.44. The van der Waals surface area contributed by atoms with Gasteiger partial charge in [-0.3, -0.25) is 4.79 Å². The minimum absolute atomic E-state index is 0.0688. The lowest BCUT2D eigenvalue weighted by atomic mass is 10.0. The van der Waals surface area contributed by atoms with E-state index in [-0.39, 0.29) is 11.9 Å². The number of nitrogens with two attached hydrogens (primary N) is 1. The highest BCUT2D eigenvalue weighted by Crippen LogP contribution is 2.14. The van der Waals surface area contributed by atoms with Gasteiger partial charge in [0.25, 0.3) is 0 Å². The van der Waals surface area contributed by atoms with Crippen LogP contribution in [0.25, 0.3) is 0 Å². The van der Waals surface area contributed by atoms with Crippen molar-refractivity contribution in [2.75, 3.05) is 19.3 Å². The Morgan fingerprint density at radius 2 is 1.90 bits per heavy atom. The van der Waals surface area contributed by atoms with Crippen LogP contribution in [0.5, 0.6) is 0 Å². The first-order valence-electron chi connectivity index (χ1n) is 6.90. The maximum atomic E-state index is 11.6. The molecule has 0 aromatic heterocycles. The first kappa shape index (κ1) is 17.6. The molecule has 6 nitrogen and oxygen atoms in total. The lowest BCUT2D eigenvalue weighted by molar-refractivity contribution is -0.121. The molecule has 1 rings (SSSR count). The van der Waals surface area contributed by atoms with E-state index in [4.69, 9.17) is 5.73 Å². The molecule has 7 heteroatoms. The number of hydrogen-bond donors (Lipinski definition) is 3. The van der Waals surface area contributed by atoms with Crippen LogP contribution in [-0.2, 0) is 14.8 Å². The van der Waals surface area contributed by atoms with Gasteiger partial charge in [0.05, 0.1) is 6.26 Å². The number of sulfonamides is 1. The third-order valence-corrected chi connectivity index (χ3v) is 3.68. The minimum Gasteiger partial charge on any atom is -0.356 e. The molecule has 0 spiro atoms. The van der Waals surface area contributed by atoms with Crippen molar-refractivity contribution in [1.29, 1.82) is 0 Å². The average molecular weight is 313 g/mol. The summed E-state index contributed by atoms with van der Waals surface area (Å²) in [6.07, 6.45) is 2.60. The predicted molar refractivity (Wildman–Crippen MR) is 83.1 cm³/mol. The van der Waals surface area contributed by atoms with Gasteiger partial charge in [0.1, 0.15) is 0 Å². The summed E-state index contributed by atoms with van der Waals surface area (Å²) in [5.74, 6) is -0.0688. The molecule has 0 radical (unpaired) electrons. The second-order valence-electron chi connectivity index (χ2n) is 4.93. The zero-order valence-corrected chi connectivity index (χ0v) is 13.0. The van der Waals surface area contributed by atoms with Gasteiger partial charge in [-0.1, -0.05) is 30.3 Å². The molecule has 1 aromatic carbocycles. The summed E-state index contributed by atoms with van der Waals surface area (Å²) in [5, 5.41) is 2.75. The van der Waals surface area contributed by atoms with Crippen molar-refractivity contribution in [3.63, 3.8) is 0 Å². The van der Waals surface area contributed by atoms with Crippen LogP contribution < -0.4 is 15.8 Å². The Morgan fingerprint density at radius 3 is 2.52 bits per heavy atom. The van der Waals surface area contributed by atoms with Crippen molar-refractivity contribution in [2.45, 2.75) is 25.3 Å². The summed E-state index contributed by atoms with van der Waals surface area (Å²) >= 11 is 0. The molecule has 0 heterocycles. The van der Waals surface area contributed by atoms with Crippen molar-refractivity contribution in [1.82, 2.24) is 10.0 Å². The van der Waals surface area contributed by atoms with Gasteiger partial charge in [-0.25, -0.2) is 13.1 Å². The van der Waals surface area contributed by atoms with E-state index in [0.29, 0.717) is 32.4 Å². The fraction of sp³-hybridized carbons (Fsp3) is 0.500. The Bertz CT molecular complexity index is 532. The molecule has 1 atom stereocenters. The summed E-state index contributed by atoms with van der Waals surface area (Å²) in [6.45, 7) is 0.768. The smallest absolute Gasteiger partial charge is 0.220 e. The van der Waals surface area contributed by atoms with Crippen LogP contribution in [0.15, 0.2) is 30.3 Å². The predicted octanol–water partition coefficient (Wildman–Crippen LogP) is 0.522. The van der Waals surface area contributed by atoms with Gasteiger partial charge in [0.15, 0.2) is 0 Å². The first-order chi connectivity index (χ1) is 9.88. The lowest BCUT2D eigenvalue weighted by Crippen LogP contribution is -2.29. The van der Waals surface area contributed by atoms with E-state index in [1.807, 2.05) is 30.3 Å². The molecule has 0 saturated heterocycles. The third-order valence-electron chi connectivity index (χ3n) is 2.95. The highest BCUT2D eigenvalue weighted by Gasteiger charge is 2.08. The maximum Gasteiger partial charge on any atom is 0.220 e. The molecule has 118 valence electrons. The molecule has 1 amide bonds. The number of hydrogen-bond acceptors (Lipinski definition) is 4. The average Bonchev–Trinajstić information content (AvgIpc) is 2.44. The molecule has 0 aliphatic carbocycles. The largest absolute Gasteiger partial charge is 0.356 e. The van der Waals surface area contributed by atoms with Crippen molar-refractivity contribution in [2.24, 2.45) is 5.73 Å². The fourth-order valence-corrected chi connectivity index (χ4v) is 2.33. The number of benzene rings is 1. The Labute approximate surface area is 126 Å². The summed E-state index contributed by atoms with van der Waals surface area (Å²) < 4.78 is 24.0. The summed E-state index contributed by atoms with van der Waals surface area (Å²) in [5.41, 5.74) is 7.03. The zero-order valence-electron chi connectivity index (χ0n) is 12.2. The SMILES string of the molecule is CS(=O)(=O)NCCCNC(=O)CCC(N)c1ccccc1. The van der Waals surface area contributed by atoms with E-state index < -0.39 is 10.0 Å². The van der Waals surface area contributed by atoms with Crippen LogP contribution >= 0.6 is 0 Å². The van der Waals surface area contributed by atoms with E-state index in [2.05, 4.69) is 10.0 Å². The monoisotopic (exact) mass is 313 g/mol. The first-order valence-corrected chi connectivity index (χ1v) is 8.79. The summed E-state index contributed by atoms with van der Waals surface area (Å²) in [6, 6.07) is 9.50. The molecule has 0 bridgehead atoms. The van der Waals surface area contributed by atoms with Gasteiger partial charge in [-0.15, -0.1) is 0 Å². The van der Waals surface area contributed by atoms with Gasteiger partial charge in [0, 0.05) is 25.6 Å². The van der Waals surface area contributed by atoms with Crippen LogP contribution in [0, 0.1) is 0 Å². The molecule has 0 fully saturated rings. The van der Waals surface area contributed by atoms with E-state index in [0.717, 1.165) is 11.8 Å². The normalized spacial score (nSPS) is 12.9. The van der Waals surface area contributed by atoms with Crippen molar-refractivity contribution in [3.8, 4) is 0 Å². The quantitative estimate of drug-likeness (QED) is 0.579. The molecule has 0 saturated carbocycles. The van der Waals surface area contributed by atoms with Crippen LogP contribution in [0.4, 0.5) is 0 Å². The number of rotatable bonds is 9. The van der Waals surface area contributed by atoms with E-state index in [9.17, 15) is 13.2 Å². The van der Waals surface area contributed by atoms with Crippen LogP contribution in [0.3, 0.4) is 0 Å². The Kier molecular flexibility index (Phi) is 7.35. The summed E-state index contributed by atoms with van der Waals surface area (Å²) in [7, 11) is -3.16. The highest BCUT2D eigenvalue weighted by atomic mass is 32.2. The second-order valence-corrected chi connectivity index (χ2v) is 6.76. The molecule has 0 aliphatic heterocycles. The molecule has 1 aromatic rings. The van der Waals surface area contributed by atoms with Gasteiger partial charge < -0.3 is 11.1 Å². The van der Waals surface area contributed by atoms with Crippen molar-refractivity contribution >= 4 is 15.9 Å². The van der Waals surface area contributed by atoms with Gasteiger partial charge >= 0.3 is 0 Å². The van der Waals surface area contributed by atoms with E-state index in [1.165, 1.54) is 0 Å². The lowest BCUT2D eigenvalue weighted by Gasteiger charge is -2.11. The Hall–Kier alpha value is -1.44. The molecule has 4 N–H and O–H groups in total. The molecule has 0 aliphatic rings. The van der Waals surface area contributed by atoms with Gasteiger partial charge in [-0.2, -0.15) is 0 Å². The van der Waals surface area contributed by atoms with Crippen LogP contribution in [-0.4, -0.2) is 33.7 Å². The van der Waals surface area contributed by atoms with Crippen LogP contribution in [0.1, 0.15) is 30.9 Å². The number of carbonyl (C=O) groups excluding carboxylic acids is 1. The Balaban J connectivity index is 2.14.